The van der Waals surface area contributed by atoms with Crippen LogP contribution in [0.2, 0.25) is 10.0 Å². The average Bonchev–Trinajstić information content (AvgIpc) is 2.71. The number of fused-ring (bicyclic) bond motifs is 1. The summed E-state index contributed by atoms with van der Waals surface area (Å²) in [5, 5.41) is 1.25. The average molecular weight is 340 g/mol. The number of aryl methyl sites for hydroxylation is 1. The number of benzene rings is 1. The molecule has 0 amide bonds. The molecule has 0 radical (unpaired) electrons. The number of rotatable bonds is 1. The van der Waals surface area contributed by atoms with Crippen molar-refractivity contribution < 1.29 is 9.47 Å². The van der Waals surface area contributed by atoms with Gasteiger partial charge in [-0.05, 0) is 44.2 Å². The van der Waals surface area contributed by atoms with E-state index in [2.05, 4.69) is 5.73 Å². The Morgan fingerprint density at radius 1 is 1.05 bits per heavy atom. The van der Waals surface area contributed by atoms with Gasteiger partial charge in [-0.15, -0.1) is 0 Å². The minimum absolute atomic E-state index is 0.533. The maximum atomic E-state index is 6.38. The van der Waals surface area contributed by atoms with Crippen LogP contribution < -0.4 is 5.73 Å². The van der Waals surface area contributed by atoms with Gasteiger partial charge in [0.2, 0.25) is 0 Å². The van der Waals surface area contributed by atoms with E-state index in [1.807, 2.05) is 37.3 Å². The summed E-state index contributed by atoms with van der Waals surface area (Å²) in [7, 11) is 1.50. The molecule has 2 aliphatic rings. The third-order valence-electron chi connectivity index (χ3n) is 3.24. The zero-order valence-corrected chi connectivity index (χ0v) is 14.2. The smallest absolute Gasteiger partial charge is 0.168 e. The molecule has 5 heteroatoms. The third-order valence-corrected chi connectivity index (χ3v) is 3.83. The van der Waals surface area contributed by atoms with Gasteiger partial charge in [-0.3, -0.25) is 0 Å². The van der Waals surface area contributed by atoms with Crippen LogP contribution in [0, 0.1) is 6.92 Å². The van der Waals surface area contributed by atoms with Crippen LogP contribution in [0.15, 0.2) is 41.9 Å². The largest absolute Gasteiger partial charge is 0.486 e. The van der Waals surface area contributed by atoms with Gasteiger partial charge < -0.3 is 15.2 Å². The second kappa shape index (κ2) is 7.73. The van der Waals surface area contributed by atoms with Gasteiger partial charge >= 0.3 is 0 Å². The van der Waals surface area contributed by atoms with E-state index >= 15 is 0 Å². The van der Waals surface area contributed by atoms with Crippen LogP contribution in [0.5, 0.6) is 0 Å². The number of allylic oxidation sites excluding steroid dienone is 4. The summed E-state index contributed by atoms with van der Waals surface area (Å²) in [6.07, 6.45) is 6.85. The lowest BCUT2D eigenvalue weighted by molar-refractivity contribution is 0.0606. The second-order valence-corrected chi connectivity index (χ2v) is 5.56. The van der Waals surface area contributed by atoms with Crippen LogP contribution in [0.25, 0.3) is 5.57 Å². The van der Waals surface area contributed by atoms with E-state index in [1.165, 1.54) is 7.05 Å². The number of hydrogen-bond donors (Lipinski definition) is 1. The van der Waals surface area contributed by atoms with Crippen molar-refractivity contribution in [2.75, 3.05) is 20.3 Å². The Kier molecular flexibility index (Phi) is 5.95. The number of hydrogen-bond acceptors (Lipinski definition) is 3. The van der Waals surface area contributed by atoms with E-state index in [0.717, 1.165) is 34.6 Å². The fraction of sp³-hybridized carbons (Fsp3) is 0.294. The molecule has 0 atom stereocenters. The molecule has 22 heavy (non-hydrogen) atoms. The fourth-order valence-corrected chi connectivity index (χ4v) is 3.18. The molecule has 0 bridgehead atoms. The highest BCUT2D eigenvalue weighted by atomic mass is 35.5. The van der Waals surface area contributed by atoms with Crippen LogP contribution in [-0.4, -0.2) is 20.3 Å². The van der Waals surface area contributed by atoms with E-state index in [0.29, 0.717) is 23.3 Å². The SMILES string of the molecule is CN.Cc1cc(Cl)c(C2=C3OCCOC3=CCC=C2)c(Cl)c1. The standard InChI is InChI=1S/C16H14Cl2O2.CH5N/c1-10-8-12(17)15(13(18)9-10)11-4-2-3-5-14-16(11)20-7-6-19-14;1-2/h2,4-5,8-9H,3,6-7H2,1H3;2H2,1H3. The Morgan fingerprint density at radius 2 is 1.68 bits per heavy atom. The highest BCUT2D eigenvalue weighted by molar-refractivity contribution is 6.38. The number of ether oxygens (including phenoxy) is 2. The maximum absolute atomic E-state index is 6.38. The molecule has 0 unspecified atom stereocenters. The summed E-state index contributed by atoms with van der Waals surface area (Å²) in [6, 6.07) is 3.81. The summed E-state index contributed by atoms with van der Waals surface area (Å²) in [5.41, 5.74) is 7.20. The van der Waals surface area contributed by atoms with Crippen molar-refractivity contribution in [3.63, 3.8) is 0 Å². The summed E-state index contributed by atoms with van der Waals surface area (Å²) in [4.78, 5) is 0. The number of halogens is 2. The predicted octanol–water partition coefficient (Wildman–Crippen LogP) is 4.48. The zero-order valence-electron chi connectivity index (χ0n) is 12.7. The minimum atomic E-state index is 0.533. The molecule has 1 fully saturated rings. The Morgan fingerprint density at radius 3 is 2.36 bits per heavy atom. The van der Waals surface area contributed by atoms with Crippen molar-refractivity contribution in [1.29, 1.82) is 0 Å². The van der Waals surface area contributed by atoms with Crippen molar-refractivity contribution >= 4 is 28.8 Å². The van der Waals surface area contributed by atoms with Crippen molar-refractivity contribution in [3.05, 3.63) is 63.1 Å². The maximum Gasteiger partial charge on any atom is 0.168 e. The third kappa shape index (κ3) is 3.49. The first-order valence-corrected chi connectivity index (χ1v) is 7.83. The molecule has 1 aromatic carbocycles. The molecule has 1 aromatic rings. The Hall–Kier alpha value is -1.42. The molecule has 1 aliphatic heterocycles. The molecule has 118 valence electrons. The van der Waals surface area contributed by atoms with E-state index in [1.54, 1.807) is 0 Å². The van der Waals surface area contributed by atoms with Gasteiger partial charge in [-0.2, -0.15) is 0 Å². The lowest BCUT2D eigenvalue weighted by Crippen LogP contribution is -2.15. The zero-order chi connectivity index (χ0) is 16.1. The molecule has 1 heterocycles. The second-order valence-electron chi connectivity index (χ2n) is 4.75. The topological polar surface area (TPSA) is 44.5 Å². The molecule has 3 nitrogen and oxygen atoms in total. The van der Waals surface area contributed by atoms with Crippen molar-refractivity contribution in [2.24, 2.45) is 5.73 Å². The molecular weight excluding hydrogens is 321 g/mol. The van der Waals surface area contributed by atoms with Gasteiger partial charge in [0.15, 0.2) is 11.5 Å². The van der Waals surface area contributed by atoms with Gasteiger partial charge in [0.25, 0.3) is 0 Å². The molecule has 0 aromatic heterocycles. The predicted molar refractivity (Wildman–Crippen MR) is 92.0 cm³/mol. The Labute approximate surface area is 141 Å². The minimum Gasteiger partial charge on any atom is -0.486 e. The molecule has 0 saturated carbocycles. The van der Waals surface area contributed by atoms with E-state index < -0.39 is 0 Å². The Balaban J connectivity index is 0.000000847. The first-order valence-electron chi connectivity index (χ1n) is 7.07. The summed E-state index contributed by atoms with van der Waals surface area (Å²) < 4.78 is 11.5. The summed E-state index contributed by atoms with van der Waals surface area (Å²) in [6.45, 7) is 3.07. The van der Waals surface area contributed by atoms with Crippen LogP contribution in [-0.2, 0) is 9.47 Å². The normalized spacial score (nSPS) is 16.5. The fourth-order valence-electron chi connectivity index (χ4n) is 2.38. The van der Waals surface area contributed by atoms with Crippen LogP contribution in [0.4, 0.5) is 0 Å². The van der Waals surface area contributed by atoms with Crippen LogP contribution in [0.3, 0.4) is 0 Å². The van der Waals surface area contributed by atoms with Gasteiger partial charge in [-0.25, -0.2) is 0 Å². The Bertz CT molecular complexity index is 625. The quantitative estimate of drug-likeness (QED) is 0.820. The molecular formula is C17H19Cl2NO2. The van der Waals surface area contributed by atoms with E-state index in [-0.39, 0.29) is 0 Å². The first-order chi connectivity index (χ1) is 10.7. The van der Waals surface area contributed by atoms with Gasteiger partial charge in [0.1, 0.15) is 13.2 Å². The highest BCUT2D eigenvalue weighted by Crippen LogP contribution is 2.38. The molecule has 1 saturated heterocycles. The number of nitrogens with two attached hydrogens (primary N) is 1. The lowest BCUT2D eigenvalue weighted by atomic mass is 10.0. The monoisotopic (exact) mass is 339 g/mol. The van der Waals surface area contributed by atoms with E-state index in [4.69, 9.17) is 32.7 Å². The van der Waals surface area contributed by atoms with E-state index in [9.17, 15) is 0 Å². The molecule has 1 aliphatic carbocycles. The van der Waals surface area contributed by atoms with Crippen LogP contribution in [0.1, 0.15) is 17.5 Å². The summed E-state index contributed by atoms with van der Waals surface area (Å²) >= 11 is 12.8. The molecule has 0 spiro atoms. The van der Waals surface area contributed by atoms with Gasteiger partial charge in [0, 0.05) is 11.1 Å². The highest BCUT2D eigenvalue weighted by Gasteiger charge is 2.23. The summed E-state index contributed by atoms with van der Waals surface area (Å²) in [5.74, 6) is 1.49. The van der Waals surface area contributed by atoms with Crippen LogP contribution >= 0.6 is 23.2 Å². The van der Waals surface area contributed by atoms with Crippen molar-refractivity contribution in [2.45, 2.75) is 13.3 Å². The molecule has 2 N–H and O–H groups in total. The first kappa shape index (κ1) is 16.9. The van der Waals surface area contributed by atoms with Crippen molar-refractivity contribution in [3.8, 4) is 0 Å². The van der Waals surface area contributed by atoms with Gasteiger partial charge in [0.05, 0.1) is 10.0 Å². The molecule has 3 rings (SSSR count). The van der Waals surface area contributed by atoms with Crippen molar-refractivity contribution in [1.82, 2.24) is 0 Å². The van der Waals surface area contributed by atoms with Gasteiger partial charge in [-0.1, -0.05) is 35.4 Å². The lowest BCUT2D eigenvalue weighted by Gasteiger charge is -2.23.